The van der Waals surface area contributed by atoms with Gasteiger partial charge in [-0.15, -0.1) is 0 Å². The molecule has 0 radical (unpaired) electrons. The first-order valence-electron chi connectivity index (χ1n) is 6.08. The molecule has 1 rings (SSSR count). The average Bonchev–Trinajstić information content (AvgIpc) is 2.36. The lowest BCUT2D eigenvalue weighted by Gasteiger charge is -2.24. The summed E-state index contributed by atoms with van der Waals surface area (Å²) in [7, 11) is 0. The van der Waals surface area contributed by atoms with Crippen LogP contribution in [-0.2, 0) is 0 Å². The Morgan fingerprint density at radius 3 is 2.41 bits per heavy atom. The molecule has 94 valence electrons. The van der Waals surface area contributed by atoms with Crippen LogP contribution in [0.5, 0.6) is 0 Å². The monoisotopic (exact) mass is 234 g/mol. The molecule has 0 saturated heterocycles. The summed E-state index contributed by atoms with van der Waals surface area (Å²) < 4.78 is 0. The molecule has 0 spiro atoms. The van der Waals surface area contributed by atoms with Gasteiger partial charge < -0.3 is 4.90 Å². The summed E-state index contributed by atoms with van der Waals surface area (Å²) in [5.41, 5.74) is 5.03. The summed E-state index contributed by atoms with van der Waals surface area (Å²) in [6.07, 6.45) is 1.01. The van der Waals surface area contributed by atoms with E-state index < -0.39 is 0 Å². The number of rotatable bonds is 4. The third-order valence-corrected chi connectivity index (χ3v) is 2.53. The molecule has 0 aliphatic rings. The SMILES string of the molecule is CCCN=C(NN)N(CC)c1ccc(C)cc1. The fourth-order valence-corrected chi connectivity index (χ4v) is 1.61. The van der Waals surface area contributed by atoms with Crippen molar-refractivity contribution in [1.82, 2.24) is 5.43 Å². The first-order valence-corrected chi connectivity index (χ1v) is 6.08. The normalized spacial score (nSPS) is 11.4. The zero-order valence-corrected chi connectivity index (χ0v) is 10.9. The number of aryl methyl sites for hydroxylation is 1. The Morgan fingerprint density at radius 2 is 1.94 bits per heavy atom. The molecule has 1 aromatic carbocycles. The van der Waals surface area contributed by atoms with Gasteiger partial charge in [-0.3, -0.25) is 10.4 Å². The maximum atomic E-state index is 5.53. The van der Waals surface area contributed by atoms with Gasteiger partial charge in [0.25, 0.3) is 0 Å². The molecule has 0 bridgehead atoms. The molecule has 0 amide bonds. The third kappa shape index (κ3) is 3.75. The van der Waals surface area contributed by atoms with E-state index in [0.29, 0.717) is 0 Å². The van der Waals surface area contributed by atoms with Gasteiger partial charge in [-0.1, -0.05) is 24.6 Å². The summed E-state index contributed by atoms with van der Waals surface area (Å²) in [6, 6.07) is 8.34. The van der Waals surface area contributed by atoms with Crippen LogP contribution >= 0.6 is 0 Å². The molecule has 0 aliphatic carbocycles. The largest absolute Gasteiger partial charge is 0.312 e. The number of hydrogen-bond acceptors (Lipinski definition) is 2. The molecule has 0 heterocycles. The minimum Gasteiger partial charge on any atom is -0.312 e. The van der Waals surface area contributed by atoms with E-state index in [1.807, 2.05) is 0 Å². The number of guanidine groups is 1. The molecule has 4 nitrogen and oxygen atoms in total. The third-order valence-electron chi connectivity index (χ3n) is 2.53. The molecular formula is C13H22N4. The second-order valence-electron chi connectivity index (χ2n) is 3.93. The first kappa shape index (κ1) is 13.5. The van der Waals surface area contributed by atoms with Crippen LogP contribution in [0.2, 0.25) is 0 Å². The van der Waals surface area contributed by atoms with Crippen molar-refractivity contribution < 1.29 is 0 Å². The highest BCUT2D eigenvalue weighted by Crippen LogP contribution is 2.14. The van der Waals surface area contributed by atoms with Crippen molar-refractivity contribution in [2.75, 3.05) is 18.0 Å². The summed E-state index contributed by atoms with van der Waals surface area (Å²) in [6.45, 7) is 7.86. The zero-order valence-electron chi connectivity index (χ0n) is 10.9. The molecule has 17 heavy (non-hydrogen) atoms. The minimum atomic E-state index is 0.721. The molecule has 3 N–H and O–H groups in total. The molecule has 0 fully saturated rings. The van der Waals surface area contributed by atoms with Gasteiger partial charge in [0.05, 0.1) is 0 Å². The summed E-state index contributed by atoms with van der Waals surface area (Å²) in [5, 5.41) is 0. The van der Waals surface area contributed by atoms with Crippen LogP contribution in [0.25, 0.3) is 0 Å². The Hall–Kier alpha value is -1.55. The van der Waals surface area contributed by atoms with E-state index in [9.17, 15) is 0 Å². The number of hydrogen-bond donors (Lipinski definition) is 2. The molecule has 0 atom stereocenters. The van der Waals surface area contributed by atoms with E-state index >= 15 is 0 Å². The maximum absolute atomic E-state index is 5.53. The summed E-state index contributed by atoms with van der Waals surface area (Å²) >= 11 is 0. The average molecular weight is 234 g/mol. The van der Waals surface area contributed by atoms with E-state index in [1.54, 1.807) is 0 Å². The first-order chi connectivity index (χ1) is 8.22. The Labute approximate surface area is 104 Å². The van der Waals surface area contributed by atoms with Crippen molar-refractivity contribution in [3.05, 3.63) is 29.8 Å². The van der Waals surface area contributed by atoms with Gasteiger partial charge in [0.15, 0.2) is 0 Å². The lowest BCUT2D eigenvalue weighted by Crippen LogP contribution is -2.45. The molecule has 1 aromatic rings. The lowest BCUT2D eigenvalue weighted by molar-refractivity contribution is 0.872. The van der Waals surface area contributed by atoms with Crippen LogP contribution in [0.1, 0.15) is 25.8 Å². The number of hydrazine groups is 1. The predicted molar refractivity (Wildman–Crippen MR) is 74.1 cm³/mol. The Balaban J connectivity index is 2.92. The topological polar surface area (TPSA) is 53.6 Å². The van der Waals surface area contributed by atoms with E-state index in [1.165, 1.54) is 5.56 Å². The molecule has 4 heteroatoms. The highest BCUT2D eigenvalue weighted by atomic mass is 15.4. The number of nitrogens with zero attached hydrogens (tertiary/aromatic N) is 2. The van der Waals surface area contributed by atoms with Crippen LogP contribution in [0.4, 0.5) is 5.69 Å². The predicted octanol–water partition coefficient (Wildman–Crippen LogP) is 2.05. The zero-order chi connectivity index (χ0) is 12.7. The van der Waals surface area contributed by atoms with Gasteiger partial charge in [0.1, 0.15) is 0 Å². The molecule has 0 aliphatic heterocycles. The van der Waals surface area contributed by atoms with Crippen molar-refractivity contribution in [3.8, 4) is 0 Å². The quantitative estimate of drug-likeness (QED) is 0.363. The van der Waals surface area contributed by atoms with Crippen molar-refractivity contribution in [3.63, 3.8) is 0 Å². The van der Waals surface area contributed by atoms with Crippen molar-refractivity contribution in [2.24, 2.45) is 10.8 Å². The molecule has 0 aromatic heterocycles. The van der Waals surface area contributed by atoms with Crippen LogP contribution in [0.15, 0.2) is 29.3 Å². The van der Waals surface area contributed by atoms with Crippen LogP contribution in [0, 0.1) is 6.92 Å². The number of aliphatic imine (C=N–C) groups is 1. The molecule has 0 unspecified atom stereocenters. The Kier molecular flexibility index (Phi) is 5.49. The number of nitrogens with one attached hydrogen (secondary N) is 1. The van der Waals surface area contributed by atoms with Crippen molar-refractivity contribution >= 4 is 11.6 Å². The maximum Gasteiger partial charge on any atom is 0.212 e. The van der Waals surface area contributed by atoms with E-state index in [2.05, 4.69) is 60.4 Å². The molecule has 0 saturated carbocycles. The van der Waals surface area contributed by atoms with Gasteiger partial charge in [-0.2, -0.15) is 0 Å². The fraction of sp³-hybridized carbons (Fsp3) is 0.462. The van der Waals surface area contributed by atoms with Gasteiger partial charge >= 0.3 is 0 Å². The number of benzene rings is 1. The van der Waals surface area contributed by atoms with E-state index in [4.69, 9.17) is 5.84 Å². The fourth-order valence-electron chi connectivity index (χ4n) is 1.61. The summed E-state index contributed by atoms with van der Waals surface area (Å²) in [5.74, 6) is 6.26. The highest BCUT2D eigenvalue weighted by Gasteiger charge is 2.09. The van der Waals surface area contributed by atoms with Crippen LogP contribution in [-0.4, -0.2) is 19.0 Å². The van der Waals surface area contributed by atoms with Crippen molar-refractivity contribution in [2.45, 2.75) is 27.2 Å². The van der Waals surface area contributed by atoms with Crippen molar-refractivity contribution in [1.29, 1.82) is 0 Å². The number of nitrogens with two attached hydrogens (primary N) is 1. The number of anilines is 1. The van der Waals surface area contributed by atoms with E-state index in [0.717, 1.165) is 31.2 Å². The molecular weight excluding hydrogens is 212 g/mol. The second-order valence-corrected chi connectivity index (χ2v) is 3.93. The van der Waals surface area contributed by atoms with Crippen LogP contribution in [0.3, 0.4) is 0 Å². The van der Waals surface area contributed by atoms with E-state index in [-0.39, 0.29) is 0 Å². The lowest BCUT2D eigenvalue weighted by atomic mass is 10.2. The van der Waals surface area contributed by atoms with Crippen LogP contribution < -0.4 is 16.2 Å². The summed E-state index contributed by atoms with van der Waals surface area (Å²) in [4.78, 5) is 6.50. The standard InChI is InChI=1S/C13H22N4/c1-4-10-15-13(16-14)17(5-2)12-8-6-11(3)7-9-12/h6-9H,4-5,10,14H2,1-3H3,(H,15,16). The van der Waals surface area contributed by atoms with Gasteiger partial charge in [0, 0.05) is 18.8 Å². The minimum absolute atomic E-state index is 0.721. The van der Waals surface area contributed by atoms with Gasteiger partial charge in [-0.05, 0) is 32.4 Å². The Morgan fingerprint density at radius 1 is 1.29 bits per heavy atom. The Bertz CT molecular complexity index is 356. The second kappa shape index (κ2) is 6.91. The smallest absolute Gasteiger partial charge is 0.212 e. The van der Waals surface area contributed by atoms with Gasteiger partial charge in [-0.25, -0.2) is 5.84 Å². The highest BCUT2D eigenvalue weighted by molar-refractivity contribution is 5.95. The van der Waals surface area contributed by atoms with Gasteiger partial charge in [0.2, 0.25) is 5.96 Å².